The molecule has 5 nitrogen and oxygen atoms in total. The van der Waals surface area contributed by atoms with Crippen molar-refractivity contribution in [1.82, 2.24) is 4.98 Å². The minimum absolute atomic E-state index is 0.111. The molecule has 0 fully saturated rings. The number of anilines is 1. The van der Waals surface area contributed by atoms with Gasteiger partial charge < -0.3 is 5.32 Å². The minimum Gasteiger partial charge on any atom is -0.382 e. The van der Waals surface area contributed by atoms with Crippen molar-refractivity contribution in [3.8, 4) is 0 Å². The number of benzene rings is 1. The van der Waals surface area contributed by atoms with Crippen LogP contribution in [-0.2, 0) is 0 Å². The Morgan fingerprint density at radius 1 is 1.21 bits per heavy atom. The largest absolute Gasteiger partial charge is 0.382 e. The van der Waals surface area contributed by atoms with Crippen LogP contribution in [0.2, 0.25) is 0 Å². The van der Waals surface area contributed by atoms with Gasteiger partial charge in [0, 0.05) is 35.6 Å². The third kappa shape index (κ3) is 2.65. The number of nitrogens with zero attached hydrogens (tertiary/aromatic N) is 2. The van der Waals surface area contributed by atoms with Crippen LogP contribution in [0.25, 0.3) is 10.8 Å². The van der Waals surface area contributed by atoms with E-state index < -0.39 is 0 Å². The molecule has 0 saturated carbocycles. The average Bonchev–Trinajstić information content (AvgIpc) is 2.38. The second kappa shape index (κ2) is 5.22. The standard InChI is InChI=1S/C14H17N3O2/c1-9(2)10(3)16-13-4-5-14(17(18)19)11-6-7-15-8-12(11)13/h4-10,16H,1-3H3. The van der Waals surface area contributed by atoms with Crippen molar-refractivity contribution in [2.24, 2.45) is 5.92 Å². The zero-order chi connectivity index (χ0) is 14.0. The number of hydrogen-bond acceptors (Lipinski definition) is 4. The molecule has 2 rings (SSSR count). The predicted molar refractivity (Wildman–Crippen MR) is 76.3 cm³/mol. The van der Waals surface area contributed by atoms with Crippen molar-refractivity contribution < 1.29 is 4.92 Å². The Bertz CT molecular complexity index is 611. The third-order valence-electron chi connectivity index (χ3n) is 3.37. The molecule has 1 aromatic carbocycles. The van der Waals surface area contributed by atoms with Crippen LogP contribution in [0, 0.1) is 16.0 Å². The van der Waals surface area contributed by atoms with Gasteiger partial charge in [0.15, 0.2) is 0 Å². The van der Waals surface area contributed by atoms with Crippen LogP contribution in [-0.4, -0.2) is 15.9 Å². The number of nitro groups is 1. The number of hydrogen-bond donors (Lipinski definition) is 1. The molecule has 0 bridgehead atoms. The first kappa shape index (κ1) is 13.3. The Morgan fingerprint density at radius 3 is 2.58 bits per heavy atom. The molecule has 1 N–H and O–H groups in total. The van der Waals surface area contributed by atoms with Gasteiger partial charge >= 0.3 is 0 Å². The van der Waals surface area contributed by atoms with Crippen LogP contribution < -0.4 is 5.32 Å². The molecule has 0 amide bonds. The zero-order valence-corrected chi connectivity index (χ0v) is 11.3. The minimum atomic E-state index is -0.363. The van der Waals surface area contributed by atoms with Gasteiger partial charge in [-0.3, -0.25) is 15.1 Å². The molecule has 1 heterocycles. The lowest BCUT2D eigenvalue weighted by atomic mass is 10.0. The van der Waals surface area contributed by atoms with Gasteiger partial charge in [0.1, 0.15) is 0 Å². The highest BCUT2D eigenvalue weighted by Gasteiger charge is 2.15. The van der Waals surface area contributed by atoms with E-state index >= 15 is 0 Å². The predicted octanol–water partition coefficient (Wildman–Crippen LogP) is 3.60. The fraction of sp³-hybridized carbons (Fsp3) is 0.357. The summed E-state index contributed by atoms with van der Waals surface area (Å²) in [4.78, 5) is 14.7. The molecule has 0 spiro atoms. The number of nitrogens with one attached hydrogen (secondary N) is 1. The van der Waals surface area contributed by atoms with Crippen LogP contribution >= 0.6 is 0 Å². The Hall–Kier alpha value is -2.17. The highest BCUT2D eigenvalue weighted by Crippen LogP contribution is 2.31. The second-order valence-corrected chi connectivity index (χ2v) is 4.99. The summed E-state index contributed by atoms with van der Waals surface area (Å²) in [5.74, 6) is 0.474. The van der Waals surface area contributed by atoms with Crippen LogP contribution in [0.1, 0.15) is 20.8 Å². The van der Waals surface area contributed by atoms with E-state index in [0.717, 1.165) is 11.1 Å². The van der Waals surface area contributed by atoms with E-state index in [1.54, 1.807) is 24.5 Å². The molecule has 0 aliphatic heterocycles. The SMILES string of the molecule is CC(C)C(C)Nc1ccc([N+](=O)[O-])c2ccncc12. The van der Waals surface area contributed by atoms with Crippen molar-refractivity contribution in [2.75, 3.05) is 5.32 Å². The first-order chi connectivity index (χ1) is 9.00. The van der Waals surface area contributed by atoms with Crippen LogP contribution in [0.4, 0.5) is 11.4 Å². The maximum atomic E-state index is 11.0. The Kier molecular flexibility index (Phi) is 3.64. The number of aromatic nitrogens is 1. The van der Waals surface area contributed by atoms with E-state index in [1.165, 1.54) is 6.07 Å². The summed E-state index contributed by atoms with van der Waals surface area (Å²) < 4.78 is 0. The van der Waals surface area contributed by atoms with E-state index in [9.17, 15) is 10.1 Å². The number of non-ortho nitro benzene ring substituents is 1. The van der Waals surface area contributed by atoms with Gasteiger partial charge in [-0.05, 0) is 25.0 Å². The smallest absolute Gasteiger partial charge is 0.277 e. The summed E-state index contributed by atoms with van der Waals surface area (Å²) in [7, 11) is 0. The normalized spacial score (nSPS) is 12.6. The van der Waals surface area contributed by atoms with E-state index in [-0.39, 0.29) is 16.7 Å². The molecule has 1 unspecified atom stereocenters. The Labute approximate surface area is 111 Å². The van der Waals surface area contributed by atoms with Gasteiger partial charge in [-0.2, -0.15) is 0 Å². The molecule has 2 aromatic rings. The van der Waals surface area contributed by atoms with Crippen molar-refractivity contribution in [2.45, 2.75) is 26.8 Å². The Balaban J connectivity index is 2.53. The van der Waals surface area contributed by atoms with Gasteiger partial charge in [0.25, 0.3) is 5.69 Å². The molecule has 0 aliphatic carbocycles. The summed E-state index contributed by atoms with van der Waals surface area (Å²) in [5, 5.41) is 15.8. The highest BCUT2D eigenvalue weighted by atomic mass is 16.6. The molecular formula is C14H17N3O2. The summed E-state index contributed by atoms with van der Waals surface area (Å²) in [6.07, 6.45) is 3.24. The van der Waals surface area contributed by atoms with Crippen molar-refractivity contribution in [3.05, 3.63) is 40.7 Å². The van der Waals surface area contributed by atoms with Crippen molar-refractivity contribution >= 4 is 22.1 Å². The van der Waals surface area contributed by atoms with Crippen molar-refractivity contribution in [1.29, 1.82) is 0 Å². The highest BCUT2D eigenvalue weighted by molar-refractivity contribution is 5.99. The molecular weight excluding hydrogens is 242 g/mol. The molecule has 0 saturated heterocycles. The van der Waals surface area contributed by atoms with Crippen LogP contribution in [0.15, 0.2) is 30.6 Å². The van der Waals surface area contributed by atoms with E-state index in [2.05, 4.69) is 31.1 Å². The van der Waals surface area contributed by atoms with Crippen LogP contribution in [0.3, 0.4) is 0 Å². The number of rotatable bonds is 4. The first-order valence-corrected chi connectivity index (χ1v) is 6.28. The summed E-state index contributed by atoms with van der Waals surface area (Å²) in [6.45, 7) is 6.35. The molecule has 0 aliphatic rings. The monoisotopic (exact) mass is 259 g/mol. The van der Waals surface area contributed by atoms with Gasteiger partial charge in [-0.15, -0.1) is 0 Å². The van der Waals surface area contributed by atoms with E-state index in [4.69, 9.17) is 0 Å². The average molecular weight is 259 g/mol. The molecule has 1 atom stereocenters. The third-order valence-corrected chi connectivity index (χ3v) is 3.37. The van der Waals surface area contributed by atoms with Crippen LogP contribution in [0.5, 0.6) is 0 Å². The summed E-state index contributed by atoms with van der Waals surface area (Å²) in [6, 6.07) is 5.25. The van der Waals surface area contributed by atoms with Gasteiger partial charge in [-0.25, -0.2) is 0 Å². The molecule has 1 aromatic heterocycles. The summed E-state index contributed by atoms with van der Waals surface area (Å²) in [5.41, 5.74) is 0.995. The summed E-state index contributed by atoms with van der Waals surface area (Å²) >= 11 is 0. The molecule has 100 valence electrons. The second-order valence-electron chi connectivity index (χ2n) is 4.99. The fourth-order valence-electron chi connectivity index (χ4n) is 1.87. The Morgan fingerprint density at radius 2 is 1.95 bits per heavy atom. The zero-order valence-electron chi connectivity index (χ0n) is 11.3. The van der Waals surface area contributed by atoms with Gasteiger partial charge in [0.05, 0.1) is 10.3 Å². The van der Waals surface area contributed by atoms with E-state index in [0.29, 0.717) is 11.3 Å². The molecule has 5 heteroatoms. The van der Waals surface area contributed by atoms with Crippen molar-refractivity contribution in [3.63, 3.8) is 0 Å². The van der Waals surface area contributed by atoms with Gasteiger partial charge in [-0.1, -0.05) is 13.8 Å². The number of pyridine rings is 1. The number of nitro benzene ring substituents is 1. The first-order valence-electron chi connectivity index (χ1n) is 6.28. The number of fused-ring (bicyclic) bond motifs is 1. The lowest BCUT2D eigenvalue weighted by Gasteiger charge is -2.19. The molecule has 19 heavy (non-hydrogen) atoms. The van der Waals surface area contributed by atoms with Gasteiger partial charge in [0.2, 0.25) is 0 Å². The quantitative estimate of drug-likeness (QED) is 0.672. The molecule has 0 radical (unpaired) electrons. The maximum absolute atomic E-state index is 11.0. The fourth-order valence-corrected chi connectivity index (χ4v) is 1.87. The topological polar surface area (TPSA) is 68.1 Å². The lowest BCUT2D eigenvalue weighted by Crippen LogP contribution is -2.21. The maximum Gasteiger partial charge on any atom is 0.277 e. The lowest BCUT2D eigenvalue weighted by molar-refractivity contribution is -0.383. The van der Waals surface area contributed by atoms with E-state index in [1.807, 2.05) is 0 Å².